The monoisotopic (exact) mass is 300 g/mol. The number of hydrogen-bond donors (Lipinski definition) is 0. The van der Waals surface area contributed by atoms with Gasteiger partial charge in [-0.15, -0.1) is 0 Å². The number of ether oxygens (including phenoxy) is 1. The highest BCUT2D eigenvalue weighted by molar-refractivity contribution is 5.27. The molecular weight excluding hydrogens is 268 g/mol. The molecule has 0 unspecified atom stereocenters. The molecular formula is C21H32O. The van der Waals surface area contributed by atoms with Crippen LogP contribution in [-0.4, -0.2) is 6.61 Å². The molecule has 0 spiro atoms. The average molecular weight is 300 g/mol. The predicted octanol–water partition coefficient (Wildman–Crippen LogP) is 6.18. The second kappa shape index (κ2) is 9.71. The summed E-state index contributed by atoms with van der Waals surface area (Å²) in [5.74, 6) is 2.83. The third-order valence-electron chi connectivity index (χ3n) is 4.83. The number of aryl methyl sites for hydroxylation is 1. The number of benzene rings is 1. The van der Waals surface area contributed by atoms with Crippen molar-refractivity contribution in [3.8, 4) is 5.75 Å². The fourth-order valence-corrected chi connectivity index (χ4v) is 3.54. The molecule has 1 aliphatic rings. The van der Waals surface area contributed by atoms with Gasteiger partial charge in [0.1, 0.15) is 5.75 Å². The Morgan fingerprint density at radius 2 is 1.77 bits per heavy atom. The SMILES string of the molecule is CCCC1CCC(/C=C/CCc2ccc(OCC)cc2)CC1. The summed E-state index contributed by atoms with van der Waals surface area (Å²) in [4.78, 5) is 0. The Kier molecular flexibility index (Phi) is 7.56. The first kappa shape index (κ1) is 17.1. The normalized spacial score (nSPS) is 22.1. The van der Waals surface area contributed by atoms with E-state index in [2.05, 4.69) is 43.3 Å². The van der Waals surface area contributed by atoms with E-state index in [1.807, 2.05) is 6.92 Å². The lowest BCUT2D eigenvalue weighted by molar-refractivity contribution is 0.294. The third-order valence-corrected chi connectivity index (χ3v) is 4.83. The molecule has 0 atom stereocenters. The molecule has 0 heterocycles. The highest BCUT2D eigenvalue weighted by Crippen LogP contribution is 2.32. The van der Waals surface area contributed by atoms with Gasteiger partial charge in [0.05, 0.1) is 6.61 Å². The van der Waals surface area contributed by atoms with Crippen LogP contribution >= 0.6 is 0 Å². The van der Waals surface area contributed by atoms with Crippen LogP contribution in [-0.2, 0) is 6.42 Å². The van der Waals surface area contributed by atoms with Gasteiger partial charge >= 0.3 is 0 Å². The first-order valence-corrected chi connectivity index (χ1v) is 9.20. The van der Waals surface area contributed by atoms with Crippen LogP contribution in [0.3, 0.4) is 0 Å². The molecule has 1 saturated carbocycles. The number of hydrogen-bond acceptors (Lipinski definition) is 1. The Labute approximate surface area is 136 Å². The van der Waals surface area contributed by atoms with E-state index in [0.717, 1.165) is 37.0 Å². The molecule has 1 fully saturated rings. The second-order valence-corrected chi connectivity index (χ2v) is 6.61. The molecule has 1 aliphatic carbocycles. The van der Waals surface area contributed by atoms with E-state index in [1.165, 1.54) is 44.1 Å². The second-order valence-electron chi connectivity index (χ2n) is 6.61. The Balaban J connectivity index is 1.65. The summed E-state index contributed by atoms with van der Waals surface area (Å²) in [6, 6.07) is 8.54. The summed E-state index contributed by atoms with van der Waals surface area (Å²) in [5, 5.41) is 0. The first-order chi connectivity index (χ1) is 10.8. The largest absolute Gasteiger partial charge is 0.494 e. The van der Waals surface area contributed by atoms with Crippen LogP contribution in [0.1, 0.15) is 64.4 Å². The fraction of sp³-hybridized carbons (Fsp3) is 0.619. The molecule has 0 aromatic heterocycles. The lowest BCUT2D eigenvalue weighted by Gasteiger charge is -2.26. The van der Waals surface area contributed by atoms with Gasteiger partial charge in [-0.1, -0.05) is 44.1 Å². The molecule has 0 bridgehead atoms. The maximum absolute atomic E-state index is 5.48. The molecule has 0 radical (unpaired) electrons. The zero-order chi connectivity index (χ0) is 15.6. The van der Waals surface area contributed by atoms with Crippen molar-refractivity contribution in [1.29, 1.82) is 0 Å². The van der Waals surface area contributed by atoms with E-state index < -0.39 is 0 Å². The summed E-state index contributed by atoms with van der Waals surface area (Å²) in [7, 11) is 0. The Bertz CT molecular complexity index is 424. The van der Waals surface area contributed by atoms with E-state index in [1.54, 1.807) is 0 Å². The van der Waals surface area contributed by atoms with Crippen LogP contribution in [0, 0.1) is 11.8 Å². The van der Waals surface area contributed by atoms with Gasteiger partial charge in [-0.25, -0.2) is 0 Å². The zero-order valence-electron chi connectivity index (χ0n) is 14.4. The number of allylic oxidation sites excluding steroid dienone is 2. The molecule has 0 amide bonds. The maximum Gasteiger partial charge on any atom is 0.119 e. The van der Waals surface area contributed by atoms with Crippen LogP contribution in [0.4, 0.5) is 0 Å². The minimum Gasteiger partial charge on any atom is -0.494 e. The minimum absolute atomic E-state index is 0.739. The van der Waals surface area contributed by atoms with E-state index >= 15 is 0 Å². The van der Waals surface area contributed by atoms with Gasteiger partial charge in [0.2, 0.25) is 0 Å². The van der Waals surface area contributed by atoms with Crippen LogP contribution in [0.15, 0.2) is 36.4 Å². The van der Waals surface area contributed by atoms with Gasteiger partial charge in [-0.2, -0.15) is 0 Å². The minimum atomic E-state index is 0.739. The molecule has 2 rings (SSSR count). The predicted molar refractivity (Wildman–Crippen MR) is 95.4 cm³/mol. The van der Waals surface area contributed by atoms with Gasteiger partial charge in [0.25, 0.3) is 0 Å². The summed E-state index contributed by atoms with van der Waals surface area (Å²) in [6.45, 7) is 5.07. The zero-order valence-corrected chi connectivity index (χ0v) is 14.4. The van der Waals surface area contributed by atoms with Crippen LogP contribution in [0.25, 0.3) is 0 Å². The van der Waals surface area contributed by atoms with E-state index in [4.69, 9.17) is 4.74 Å². The third kappa shape index (κ3) is 5.87. The van der Waals surface area contributed by atoms with Crippen molar-refractivity contribution in [2.75, 3.05) is 6.61 Å². The molecule has 1 aromatic rings. The van der Waals surface area contributed by atoms with Gasteiger partial charge in [0.15, 0.2) is 0 Å². The standard InChI is InChI=1S/C21H32O/c1-3-7-18-10-12-19(13-11-18)8-5-6-9-20-14-16-21(17-15-20)22-4-2/h5,8,14-19H,3-4,6-7,9-13H2,1-2H3/b8-5+. The average Bonchev–Trinajstić information content (AvgIpc) is 2.55. The first-order valence-electron chi connectivity index (χ1n) is 9.20. The van der Waals surface area contributed by atoms with Crippen molar-refractivity contribution in [2.24, 2.45) is 11.8 Å². The van der Waals surface area contributed by atoms with Crippen LogP contribution in [0.2, 0.25) is 0 Å². The van der Waals surface area contributed by atoms with Gasteiger partial charge in [0, 0.05) is 0 Å². The van der Waals surface area contributed by atoms with E-state index in [9.17, 15) is 0 Å². The topological polar surface area (TPSA) is 9.23 Å². The smallest absolute Gasteiger partial charge is 0.119 e. The van der Waals surface area contributed by atoms with Crippen molar-refractivity contribution < 1.29 is 4.74 Å². The highest BCUT2D eigenvalue weighted by atomic mass is 16.5. The van der Waals surface area contributed by atoms with Gasteiger partial charge < -0.3 is 4.74 Å². The summed E-state index contributed by atoms with van der Waals surface area (Å²) in [6.07, 6.45) is 15.7. The van der Waals surface area contributed by atoms with Crippen molar-refractivity contribution >= 4 is 0 Å². The Hall–Kier alpha value is -1.24. The molecule has 0 aliphatic heterocycles. The summed E-state index contributed by atoms with van der Waals surface area (Å²) >= 11 is 0. The van der Waals surface area contributed by atoms with Crippen LogP contribution < -0.4 is 4.74 Å². The maximum atomic E-state index is 5.48. The molecule has 22 heavy (non-hydrogen) atoms. The quantitative estimate of drug-likeness (QED) is 0.521. The lowest BCUT2D eigenvalue weighted by Crippen LogP contribution is -2.12. The lowest BCUT2D eigenvalue weighted by atomic mass is 9.80. The summed E-state index contributed by atoms with van der Waals surface area (Å²) < 4.78 is 5.48. The van der Waals surface area contributed by atoms with Crippen molar-refractivity contribution in [2.45, 2.75) is 65.2 Å². The fourth-order valence-electron chi connectivity index (χ4n) is 3.54. The molecule has 0 saturated heterocycles. The highest BCUT2D eigenvalue weighted by Gasteiger charge is 2.18. The van der Waals surface area contributed by atoms with E-state index in [-0.39, 0.29) is 0 Å². The van der Waals surface area contributed by atoms with E-state index in [0.29, 0.717) is 0 Å². The molecule has 0 N–H and O–H groups in total. The molecule has 122 valence electrons. The van der Waals surface area contributed by atoms with Crippen molar-refractivity contribution in [3.05, 3.63) is 42.0 Å². The molecule has 1 heteroatoms. The van der Waals surface area contributed by atoms with Crippen LogP contribution in [0.5, 0.6) is 5.75 Å². The molecule has 1 nitrogen and oxygen atoms in total. The van der Waals surface area contributed by atoms with Crippen molar-refractivity contribution in [1.82, 2.24) is 0 Å². The van der Waals surface area contributed by atoms with Gasteiger partial charge in [-0.05, 0) is 75.0 Å². The number of rotatable bonds is 8. The molecule has 1 aromatic carbocycles. The summed E-state index contributed by atoms with van der Waals surface area (Å²) in [5.41, 5.74) is 1.40. The Morgan fingerprint density at radius 3 is 2.41 bits per heavy atom. The van der Waals surface area contributed by atoms with Crippen molar-refractivity contribution in [3.63, 3.8) is 0 Å². The van der Waals surface area contributed by atoms with Gasteiger partial charge in [-0.3, -0.25) is 0 Å². The Morgan fingerprint density at radius 1 is 1.05 bits per heavy atom.